The third-order valence-electron chi connectivity index (χ3n) is 3.80. The van der Waals surface area contributed by atoms with E-state index in [-0.39, 0.29) is 0 Å². The normalized spacial score (nSPS) is 11.2. The predicted molar refractivity (Wildman–Crippen MR) is 92.5 cm³/mol. The average Bonchev–Trinajstić information content (AvgIpc) is 3.04. The summed E-state index contributed by atoms with van der Waals surface area (Å²) in [5.74, 6) is 0.443. The molecule has 3 rings (SSSR count). The first-order valence-corrected chi connectivity index (χ1v) is 8.15. The Labute approximate surface area is 132 Å². The fraction of sp³-hybridized carbons (Fsp3) is 0.222. The maximum absolute atomic E-state index is 11.9. The molecule has 0 aliphatic rings. The predicted octanol–water partition coefficient (Wildman–Crippen LogP) is 3.75. The Morgan fingerprint density at radius 1 is 1.05 bits per heavy atom. The van der Waals surface area contributed by atoms with E-state index >= 15 is 0 Å². The van der Waals surface area contributed by atoms with Crippen molar-refractivity contribution in [2.24, 2.45) is 0 Å². The van der Waals surface area contributed by atoms with E-state index < -0.39 is 10.9 Å². The molecule has 0 aliphatic carbocycles. The van der Waals surface area contributed by atoms with Gasteiger partial charge in [-0.1, -0.05) is 44.2 Å². The Kier molecular flexibility index (Phi) is 3.94. The minimum atomic E-state index is -0.417. The molecule has 1 aromatic heterocycles. The molecule has 0 radical (unpaired) electrons. The van der Waals surface area contributed by atoms with Crippen LogP contribution in [-0.2, 0) is 6.54 Å². The fourth-order valence-corrected chi connectivity index (χ4v) is 3.10. The van der Waals surface area contributed by atoms with Crippen molar-refractivity contribution in [1.82, 2.24) is 0 Å². The van der Waals surface area contributed by atoms with Gasteiger partial charge < -0.3 is 5.32 Å². The highest BCUT2D eigenvalue weighted by atomic mass is 32.1. The van der Waals surface area contributed by atoms with E-state index in [1.54, 1.807) is 11.3 Å². The highest BCUT2D eigenvalue weighted by Crippen LogP contribution is 2.26. The molecule has 112 valence electrons. The molecule has 2 aromatic carbocycles. The summed E-state index contributed by atoms with van der Waals surface area (Å²) in [5.41, 5.74) is 2.16. The quantitative estimate of drug-likeness (QED) is 0.730. The van der Waals surface area contributed by atoms with Crippen LogP contribution < -0.4 is 16.2 Å². The van der Waals surface area contributed by atoms with Crippen LogP contribution in [0.3, 0.4) is 0 Å². The SMILES string of the molecule is CC(C)c1ccc(-c2c(NCc3cccs3)c(=O)c2=O)cc1. The van der Waals surface area contributed by atoms with E-state index in [9.17, 15) is 9.59 Å². The van der Waals surface area contributed by atoms with Crippen LogP contribution in [0, 0.1) is 0 Å². The van der Waals surface area contributed by atoms with Crippen LogP contribution in [0.5, 0.6) is 0 Å². The van der Waals surface area contributed by atoms with Crippen LogP contribution in [0.25, 0.3) is 11.1 Å². The summed E-state index contributed by atoms with van der Waals surface area (Å²) in [5, 5.41) is 5.10. The van der Waals surface area contributed by atoms with E-state index in [0.717, 1.165) is 10.4 Å². The minimum absolute atomic E-state index is 0.397. The molecule has 1 heterocycles. The second-order valence-electron chi connectivity index (χ2n) is 5.62. The Bertz CT molecular complexity index is 838. The summed E-state index contributed by atoms with van der Waals surface area (Å²) in [6.45, 7) is 4.82. The second kappa shape index (κ2) is 5.89. The Hall–Kier alpha value is -2.20. The molecule has 0 fully saturated rings. The molecular weight excluding hydrogens is 294 g/mol. The third kappa shape index (κ3) is 2.62. The van der Waals surface area contributed by atoms with Crippen LogP contribution in [0.2, 0.25) is 0 Å². The summed E-state index contributed by atoms with van der Waals surface area (Å²) < 4.78 is 0. The van der Waals surface area contributed by atoms with Crippen LogP contribution in [0.4, 0.5) is 5.69 Å². The first kappa shape index (κ1) is 14.7. The lowest BCUT2D eigenvalue weighted by Crippen LogP contribution is -2.36. The zero-order valence-electron chi connectivity index (χ0n) is 12.6. The van der Waals surface area contributed by atoms with Crippen LogP contribution in [0.15, 0.2) is 51.4 Å². The lowest BCUT2D eigenvalue weighted by atomic mass is 9.95. The van der Waals surface area contributed by atoms with Gasteiger partial charge in [-0.2, -0.15) is 0 Å². The van der Waals surface area contributed by atoms with Gasteiger partial charge in [-0.15, -0.1) is 11.3 Å². The summed E-state index contributed by atoms with van der Waals surface area (Å²) >= 11 is 1.62. The number of anilines is 1. The second-order valence-corrected chi connectivity index (χ2v) is 6.65. The minimum Gasteiger partial charge on any atom is -0.376 e. The molecule has 0 spiro atoms. The molecule has 0 unspecified atom stereocenters. The van der Waals surface area contributed by atoms with Crippen molar-refractivity contribution in [3.05, 3.63) is 72.7 Å². The number of hydrogen-bond acceptors (Lipinski definition) is 4. The summed E-state index contributed by atoms with van der Waals surface area (Å²) in [6.07, 6.45) is 0. The lowest BCUT2D eigenvalue weighted by Gasteiger charge is -2.14. The highest BCUT2D eigenvalue weighted by Gasteiger charge is 2.22. The number of benzene rings is 1. The van der Waals surface area contributed by atoms with Gasteiger partial charge in [-0.25, -0.2) is 0 Å². The Balaban J connectivity index is 1.86. The smallest absolute Gasteiger partial charge is 0.250 e. The van der Waals surface area contributed by atoms with Gasteiger partial charge in [-0.3, -0.25) is 9.59 Å². The molecule has 3 aromatic rings. The summed E-state index contributed by atoms with van der Waals surface area (Å²) in [7, 11) is 0. The molecule has 0 amide bonds. The van der Waals surface area contributed by atoms with Gasteiger partial charge in [0, 0.05) is 11.4 Å². The maximum Gasteiger partial charge on any atom is 0.250 e. The summed E-state index contributed by atoms with van der Waals surface area (Å²) in [6, 6.07) is 11.8. The average molecular weight is 311 g/mol. The van der Waals surface area contributed by atoms with Gasteiger partial charge in [0.1, 0.15) is 0 Å². The molecular formula is C18H17NO2S. The van der Waals surface area contributed by atoms with E-state index in [1.807, 2.05) is 41.8 Å². The van der Waals surface area contributed by atoms with Crippen molar-refractivity contribution < 1.29 is 0 Å². The maximum atomic E-state index is 11.9. The zero-order chi connectivity index (χ0) is 15.7. The van der Waals surface area contributed by atoms with Gasteiger partial charge in [0.25, 0.3) is 0 Å². The van der Waals surface area contributed by atoms with Gasteiger partial charge in [0.05, 0.1) is 11.3 Å². The van der Waals surface area contributed by atoms with Crippen molar-refractivity contribution in [3.63, 3.8) is 0 Å². The summed E-state index contributed by atoms with van der Waals surface area (Å²) in [4.78, 5) is 24.9. The molecule has 0 aliphatic heterocycles. The molecule has 3 nitrogen and oxygen atoms in total. The standard InChI is InChI=1S/C18H17NO2S/c1-11(2)12-5-7-13(8-6-12)15-16(18(21)17(15)20)19-10-14-4-3-9-22-14/h3-9,11,19H,10H2,1-2H3. The number of hydrogen-bond donors (Lipinski definition) is 1. The van der Waals surface area contributed by atoms with Gasteiger partial charge in [0.15, 0.2) is 0 Å². The first-order chi connectivity index (χ1) is 10.6. The van der Waals surface area contributed by atoms with E-state index in [2.05, 4.69) is 19.2 Å². The van der Waals surface area contributed by atoms with E-state index in [0.29, 0.717) is 23.7 Å². The van der Waals surface area contributed by atoms with Gasteiger partial charge >= 0.3 is 0 Å². The van der Waals surface area contributed by atoms with Crippen LogP contribution in [-0.4, -0.2) is 0 Å². The molecule has 1 N–H and O–H groups in total. The molecule has 0 saturated carbocycles. The number of rotatable bonds is 5. The topological polar surface area (TPSA) is 46.2 Å². The number of thiophene rings is 1. The Morgan fingerprint density at radius 2 is 1.77 bits per heavy atom. The van der Waals surface area contributed by atoms with Gasteiger partial charge in [0.2, 0.25) is 10.9 Å². The van der Waals surface area contributed by atoms with E-state index in [4.69, 9.17) is 0 Å². The van der Waals surface area contributed by atoms with Crippen LogP contribution >= 0.6 is 11.3 Å². The molecule has 4 heteroatoms. The molecule has 22 heavy (non-hydrogen) atoms. The molecule has 0 saturated heterocycles. The van der Waals surface area contributed by atoms with Crippen molar-refractivity contribution in [3.8, 4) is 11.1 Å². The lowest BCUT2D eigenvalue weighted by molar-refractivity contribution is 0.867. The Morgan fingerprint density at radius 3 is 2.36 bits per heavy atom. The fourth-order valence-electron chi connectivity index (χ4n) is 2.46. The van der Waals surface area contributed by atoms with Gasteiger partial charge in [-0.05, 0) is 28.5 Å². The van der Waals surface area contributed by atoms with Crippen LogP contribution in [0.1, 0.15) is 30.2 Å². The highest BCUT2D eigenvalue weighted by molar-refractivity contribution is 7.09. The van der Waals surface area contributed by atoms with Crippen molar-refractivity contribution in [2.45, 2.75) is 26.3 Å². The van der Waals surface area contributed by atoms with Crippen molar-refractivity contribution in [1.29, 1.82) is 0 Å². The number of nitrogens with one attached hydrogen (secondary N) is 1. The zero-order valence-corrected chi connectivity index (χ0v) is 13.4. The molecule has 0 atom stereocenters. The largest absolute Gasteiger partial charge is 0.376 e. The third-order valence-corrected chi connectivity index (χ3v) is 4.67. The van der Waals surface area contributed by atoms with Crippen molar-refractivity contribution >= 4 is 17.0 Å². The molecule has 0 bridgehead atoms. The monoisotopic (exact) mass is 311 g/mol. The van der Waals surface area contributed by atoms with Crippen molar-refractivity contribution in [2.75, 3.05) is 5.32 Å². The van der Waals surface area contributed by atoms with E-state index in [1.165, 1.54) is 5.56 Å². The first-order valence-electron chi connectivity index (χ1n) is 7.28.